The minimum Gasteiger partial charge on any atom is -0.478 e. The summed E-state index contributed by atoms with van der Waals surface area (Å²) in [4.78, 5) is 23.0. The summed E-state index contributed by atoms with van der Waals surface area (Å²) in [5.41, 5.74) is 4.48. The van der Waals surface area contributed by atoms with Crippen molar-refractivity contribution in [2.75, 3.05) is 0 Å². The van der Waals surface area contributed by atoms with Crippen molar-refractivity contribution < 1.29 is 14.6 Å². The molecule has 2 heterocycles. The number of pyridine rings is 1. The van der Waals surface area contributed by atoms with Gasteiger partial charge in [0.15, 0.2) is 0 Å². The van der Waals surface area contributed by atoms with Crippen molar-refractivity contribution in [3.05, 3.63) is 81.6 Å². The first-order valence-corrected chi connectivity index (χ1v) is 9.42. The first-order chi connectivity index (χ1) is 14.4. The number of aryl methyl sites for hydroxylation is 2. The molecule has 0 fully saturated rings. The Labute approximate surface area is 177 Å². The summed E-state index contributed by atoms with van der Waals surface area (Å²) >= 11 is 6.37. The Balaban J connectivity index is 1.63. The summed E-state index contributed by atoms with van der Waals surface area (Å²) in [6, 6.07) is 12.4. The standard InChI is InChI=1S/C23H16ClN3O3/c1-13-3-8-17(10-18(13)22(28)29)30-23-26-20-9-16(19(24)11-21(20)27-23)7-6-15-5-4-14(2)25-12-15/h3-5,8-12H,1-2H3,(H,26,27)(H,28,29). The molecule has 0 saturated carbocycles. The van der Waals surface area contributed by atoms with E-state index in [1.54, 1.807) is 37.4 Å². The van der Waals surface area contributed by atoms with E-state index in [1.165, 1.54) is 6.07 Å². The normalized spacial score (nSPS) is 10.5. The largest absolute Gasteiger partial charge is 0.478 e. The number of benzene rings is 2. The number of hydrogen-bond donors (Lipinski definition) is 2. The molecule has 0 amide bonds. The predicted octanol–water partition coefficient (Wildman–Crippen LogP) is 5.12. The monoisotopic (exact) mass is 417 g/mol. The number of imidazole rings is 1. The second-order valence-corrected chi connectivity index (χ2v) is 7.12. The molecule has 2 aromatic heterocycles. The number of halogens is 1. The van der Waals surface area contributed by atoms with Gasteiger partial charge in [-0.25, -0.2) is 4.79 Å². The zero-order valence-electron chi connectivity index (χ0n) is 16.2. The maximum atomic E-state index is 11.3. The first-order valence-electron chi connectivity index (χ1n) is 9.05. The van der Waals surface area contributed by atoms with E-state index < -0.39 is 5.97 Å². The average Bonchev–Trinajstić information content (AvgIpc) is 3.09. The van der Waals surface area contributed by atoms with Crippen molar-refractivity contribution in [2.24, 2.45) is 0 Å². The van der Waals surface area contributed by atoms with Crippen LogP contribution in [-0.2, 0) is 0 Å². The second-order valence-electron chi connectivity index (χ2n) is 6.71. The van der Waals surface area contributed by atoms with Gasteiger partial charge in [-0.3, -0.25) is 4.98 Å². The lowest BCUT2D eigenvalue weighted by molar-refractivity contribution is 0.0695. The Hall–Kier alpha value is -3.82. The molecule has 0 unspecified atom stereocenters. The van der Waals surface area contributed by atoms with Crippen LogP contribution in [0.15, 0.2) is 48.7 Å². The van der Waals surface area contributed by atoms with E-state index in [9.17, 15) is 9.90 Å². The van der Waals surface area contributed by atoms with E-state index in [2.05, 4.69) is 26.8 Å². The fourth-order valence-electron chi connectivity index (χ4n) is 2.84. The van der Waals surface area contributed by atoms with Gasteiger partial charge in [0.1, 0.15) is 5.75 Å². The Morgan fingerprint density at radius 1 is 1.13 bits per heavy atom. The molecule has 30 heavy (non-hydrogen) atoms. The number of aromatic amines is 1. The van der Waals surface area contributed by atoms with Crippen molar-refractivity contribution in [1.82, 2.24) is 15.0 Å². The number of hydrogen-bond acceptors (Lipinski definition) is 4. The number of ether oxygens (including phenoxy) is 1. The van der Waals surface area contributed by atoms with Crippen LogP contribution in [0.25, 0.3) is 11.0 Å². The van der Waals surface area contributed by atoms with Crippen molar-refractivity contribution in [2.45, 2.75) is 13.8 Å². The van der Waals surface area contributed by atoms with Crippen LogP contribution >= 0.6 is 11.6 Å². The molecule has 0 aliphatic rings. The lowest BCUT2D eigenvalue weighted by Crippen LogP contribution is -2.00. The Bertz CT molecular complexity index is 1330. The quantitative estimate of drug-likeness (QED) is 0.452. The van der Waals surface area contributed by atoms with Crippen LogP contribution in [-0.4, -0.2) is 26.0 Å². The van der Waals surface area contributed by atoms with Gasteiger partial charge in [-0.05, 0) is 55.8 Å². The highest BCUT2D eigenvalue weighted by Crippen LogP contribution is 2.27. The summed E-state index contributed by atoms with van der Waals surface area (Å²) in [6.07, 6.45) is 1.71. The molecule has 0 atom stereocenters. The third-order valence-corrected chi connectivity index (χ3v) is 4.77. The van der Waals surface area contributed by atoms with Crippen molar-refractivity contribution in [3.63, 3.8) is 0 Å². The van der Waals surface area contributed by atoms with E-state index in [4.69, 9.17) is 16.3 Å². The molecule has 0 aliphatic heterocycles. The highest BCUT2D eigenvalue weighted by molar-refractivity contribution is 6.32. The van der Waals surface area contributed by atoms with E-state index in [0.29, 0.717) is 32.9 Å². The molecule has 2 aromatic carbocycles. The molecule has 2 N–H and O–H groups in total. The Kier molecular flexibility index (Phi) is 5.13. The predicted molar refractivity (Wildman–Crippen MR) is 114 cm³/mol. The number of nitrogens with zero attached hydrogens (tertiary/aromatic N) is 2. The second kappa shape index (κ2) is 7.90. The summed E-state index contributed by atoms with van der Waals surface area (Å²) in [5, 5.41) is 9.75. The summed E-state index contributed by atoms with van der Waals surface area (Å²) < 4.78 is 5.71. The minimum atomic E-state index is -1.01. The van der Waals surface area contributed by atoms with Crippen molar-refractivity contribution in [1.29, 1.82) is 0 Å². The number of carbonyl (C=O) groups is 1. The molecule has 0 bridgehead atoms. The highest BCUT2D eigenvalue weighted by Gasteiger charge is 2.12. The van der Waals surface area contributed by atoms with Gasteiger partial charge in [-0.2, -0.15) is 4.98 Å². The van der Waals surface area contributed by atoms with Crippen molar-refractivity contribution >= 4 is 28.6 Å². The summed E-state index contributed by atoms with van der Waals surface area (Å²) in [6.45, 7) is 3.64. The lowest BCUT2D eigenvalue weighted by atomic mass is 10.1. The number of H-pyrrole nitrogens is 1. The molecule has 7 heteroatoms. The van der Waals surface area contributed by atoms with Crippen LogP contribution in [0.5, 0.6) is 11.8 Å². The third-order valence-electron chi connectivity index (χ3n) is 4.46. The SMILES string of the molecule is Cc1ccc(C#Cc2cc3nc(Oc4ccc(C)c(C(=O)O)c4)[nH]c3cc2Cl)cn1. The number of rotatable bonds is 3. The molecule has 4 rings (SSSR count). The molecular formula is C23H16ClN3O3. The zero-order chi connectivity index (χ0) is 21.3. The molecule has 0 spiro atoms. The van der Waals surface area contributed by atoms with Crippen LogP contribution in [0.2, 0.25) is 5.02 Å². The fraction of sp³-hybridized carbons (Fsp3) is 0.0870. The van der Waals surface area contributed by atoms with Crippen molar-refractivity contribution in [3.8, 4) is 23.6 Å². The number of aromatic nitrogens is 3. The van der Waals surface area contributed by atoms with Crippen LogP contribution in [0.4, 0.5) is 0 Å². The highest BCUT2D eigenvalue weighted by atomic mass is 35.5. The van der Waals surface area contributed by atoms with Gasteiger partial charge in [-0.15, -0.1) is 0 Å². The Morgan fingerprint density at radius 3 is 2.70 bits per heavy atom. The van der Waals surface area contributed by atoms with Gasteiger partial charge in [0, 0.05) is 23.0 Å². The molecule has 4 aromatic rings. The van der Waals surface area contributed by atoms with Gasteiger partial charge in [0.2, 0.25) is 0 Å². The number of fused-ring (bicyclic) bond motifs is 1. The van der Waals surface area contributed by atoms with Gasteiger partial charge in [0.25, 0.3) is 6.01 Å². The van der Waals surface area contributed by atoms with Gasteiger partial charge < -0.3 is 14.8 Å². The van der Waals surface area contributed by atoms with E-state index in [0.717, 1.165) is 11.3 Å². The number of carboxylic acids is 1. The number of nitrogens with one attached hydrogen (secondary N) is 1. The summed E-state index contributed by atoms with van der Waals surface area (Å²) in [5.74, 6) is 5.44. The van der Waals surface area contributed by atoms with Gasteiger partial charge >= 0.3 is 5.97 Å². The molecular weight excluding hydrogens is 402 g/mol. The molecule has 6 nitrogen and oxygen atoms in total. The zero-order valence-corrected chi connectivity index (χ0v) is 16.9. The van der Waals surface area contributed by atoms with E-state index >= 15 is 0 Å². The lowest BCUT2D eigenvalue weighted by Gasteiger charge is -2.05. The van der Waals surface area contributed by atoms with Crippen LogP contribution in [0.1, 0.15) is 32.7 Å². The summed E-state index contributed by atoms with van der Waals surface area (Å²) in [7, 11) is 0. The average molecular weight is 418 g/mol. The van der Waals surface area contributed by atoms with E-state index in [-0.39, 0.29) is 11.6 Å². The number of aromatic carboxylic acids is 1. The van der Waals surface area contributed by atoms with Gasteiger partial charge in [-0.1, -0.05) is 29.5 Å². The third kappa shape index (κ3) is 4.12. The minimum absolute atomic E-state index is 0.176. The Morgan fingerprint density at radius 2 is 1.97 bits per heavy atom. The van der Waals surface area contributed by atoms with Crippen LogP contribution in [0.3, 0.4) is 0 Å². The molecule has 0 saturated heterocycles. The van der Waals surface area contributed by atoms with Gasteiger partial charge in [0.05, 0.1) is 21.6 Å². The van der Waals surface area contributed by atoms with Crippen LogP contribution in [0, 0.1) is 25.7 Å². The van der Waals surface area contributed by atoms with E-state index in [1.807, 2.05) is 19.1 Å². The smallest absolute Gasteiger partial charge is 0.336 e. The first kappa shape index (κ1) is 19.5. The molecule has 0 aliphatic carbocycles. The number of carboxylic acid groups (broad SMARTS) is 1. The maximum absolute atomic E-state index is 11.3. The topological polar surface area (TPSA) is 88.1 Å². The maximum Gasteiger partial charge on any atom is 0.336 e. The molecule has 148 valence electrons. The molecule has 0 radical (unpaired) electrons. The van der Waals surface area contributed by atoms with Crippen LogP contribution < -0.4 is 4.74 Å². The fourth-order valence-corrected chi connectivity index (χ4v) is 3.05.